The van der Waals surface area contributed by atoms with Gasteiger partial charge in [0.25, 0.3) is 0 Å². The minimum Gasteiger partial charge on any atom is -0.349 e. The topological polar surface area (TPSA) is 49.4 Å². The Hall–Kier alpha value is -1.84. The Morgan fingerprint density at radius 2 is 2.04 bits per heavy atom. The highest BCUT2D eigenvalue weighted by molar-refractivity contribution is 5.81. The van der Waals surface area contributed by atoms with Gasteiger partial charge in [0.05, 0.1) is 12.0 Å². The number of carbonyl (C=O) groups is 2. The molecule has 4 heteroatoms. The third-order valence-electron chi connectivity index (χ3n) is 5.13. The number of hydrogen-bond acceptors (Lipinski definition) is 2. The maximum Gasteiger partial charge on any atom is 0.225 e. The highest BCUT2D eigenvalue weighted by Gasteiger charge is 2.30. The summed E-state index contributed by atoms with van der Waals surface area (Å²) in [5, 5.41) is 3.25. The van der Waals surface area contributed by atoms with Crippen LogP contribution in [0.2, 0.25) is 0 Å². The van der Waals surface area contributed by atoms with Gasteiger partial charge in [0.1, 0.15) is 0 Å². The molecule has 4 nitrogen and oxygen atoms in total. The van der Waals surface area contributed by atoms with E-state index in [1.165, 1.54) is 11.1 Å². The van der Waals surface area contributed by atoms with Gasteiger partial charge in [-0.05, 0) is 43.2 Å². The summed E-state index contributed by atoms with van der Waals surface area (Å²) in [6, 6.07) is 8.54. The third kappa shape index (κ3) is 3.57. The molecule has 1 aliphatic heterocycles. The highest BCUT2D eigenvalue weighted by atomic mass is 16.2. The summed E-state index contributed by atoms with van der Waals surface area (Å²) in [7, 11) is 0. The molecule has 1 N–H and O–H groups in total. The summed E-state index contributed by atoms with van der Waals surface area (Å²) >= 11 is 0. The Kier molecular flexibility index (Phi) is 4.99. The average Bonchev–Trinajstić information content (AvgIpc) is 2.61. The molecule has 2 amide bonds. The molecular weight excluding hydrogens is 288 g/mol. The number of aryl methyl sites for hydroxylation is 1. The number of nitrogens with zero attached hydrogens (tertiary/aromatic N) is 1. The molecule has 3 rings (SSSR count). The Morgan fingerprint density at radius 1 is 1.22 bits per heavy atom. The normalized spacial score (nSPS) is 24.0. The first kappa shape index (κ1) is 16.0. The van der Waals surface area contributed by atoms with Crippen LogP contribution < -0.4 is 5.32 Å². The molecule has 23 heavy (non-hydrogen) atoms. The van der Waals surface area contributed by atoms with Gasteiger partial charge in [0.15, 0.2) is 0 Å². The molecule has 1 fully saturated rings. The molecule has 2 atom stereocenters. The molecule has 0 aromatic heterocycles. The van der Waals surface area contributed by atoms with E-state index in [0.717, 1.165) is 38.6 Å². The first-order valence-electron chi connectivity index (χ1n) is 8.85. The van der Waals surface area contributed by atoms with Gasteiger partial charge in [-0.25, -0.2) is 0 Å². The SMILES string of the molecule is CCC(=O)N1CCC[C@H](C(=O)N[C@@H]2CCCc3ccccc32)C1. The first-order valence-corrected chi connectivity index (χ1v) is 8.85. The Bertz CT molecular complexity index is 584. The van der Waals surface area contributed by atoms with Crippen LogP contribution in [0.3, 0.4) is 0 Å². The zero-order chi connectivity index (χ0) is 16.2. The summed E-state index contributed by atoms with van der Waals surface area (Å²) < 4.78 is 0. The largest absolute Gasteiger partial charge is 0.349 e. The standard InChI is InChI=1S/C19H26N2O2/c1-2-18(22)21-12-6-9-15(13-21)19(23)20-17-11-5-8-14-7-3-4-10-16(14)17/h3-4,7,10,15,17H,2,5-6,8-9,11-13H2,1H3,(H,20,23)/t15-,17+/m0/s1. The lowest BCUT2D eigenvalue weighted by Gasteiger charge is -2.34. The fourth-order valence-corrected chi connectivity index (χ4v) is 3.83. The fourth-order valence-electron chi connectivity index (χ4n) is 3.83. The van der Waals surface area contributed by atoms with Crippen LogP contribution in [0.4, 0.5) is 0 Å². The maximum absolute atomic E-state index is 12.7. The second-order valence-corrected chi connectivity index (χ2v) is 6.68. The number of amides is 2. The summed E-state index contributed by atoms with van der Waals surface area (Å²) in [5.41, 5.74) is 2.62. The zero-order valence-electron chi connectivity index (χ0n) is 13.9. The highest BCUT2D eigenvalue weighted by Crippen LogP contribution is 2.30. The number of carbonyl (C=O) groups excluding carboxylic acids is 2. The molecule has 1 saturated heterocycles. The van der Waals surface area contributed by atoms with Gasteiger partial charge >= 0.3 is 0 Å². The Labute approximate surface area is 138 Å². The van der Waals surface area contributed by atoms with Crippen molar-refractivity contribution >= 4 is 11.8 Å². The van der Waals surface area contributed by atoms with Crippen LogP contribution in [-0.4, -0.2) is 29.8 Å². The van der Waals surface area contributed by atoms with Crippen molar-refractivity contribution in [2.45, 2.75) is 51.5 Å². The molecule has 1 aromatic carbocycles. The predicted octanol–water partition coefficient (Wildman–Crippen LogP) is 2.83. The van der Waals surface area contributed by atoms with Gasteiger partial charge in [-0.1, -0.05) is 31.2 Å². The Morgan fingerprint density at radius 3 is 2.87 bits per heavy atom. The zero-order valence-corrected chi connectivity index (χ0v) is 13.9. The summed E-state index contributed by atoms with van der Waals surface area (Å²) in [4.78, 5) is 26.4. The Balaban J connectivity index is 1.64. The van der Waals surface area contributed by atoms with Crippen LogP contribution >= 0.6 is 0 Å². The van der Waals surface area contributed by atoms with Gasteiger partial charge in [-0.2, -0.15) is 0 Å². The second-order valence-electron chi connectivity index (χ2n) is 6.68. The lowest BCUT2D eigenvalue weighted by molar-refractivity contribution is -0.135. The van der Waals surface area contributed by atoms with Gasteiger partial charge in [-0.3, -0.25) is 9.59 Å². The quantitative estimate of drug-likeness (QED) is 0.932. The molecule has 0 unspecified atom stereocenters. The van der Waals surface area contributed by atoms with E-state index in [1.54, 1.807) is 0 Å². The number of benzene rings is 1. The number of fused-ring (bicyclic) bond motifs is 1. The van der Waals surface area contributed by atoms with E-state index in [1.807, 2.05) is 17.9 Å². The molecule has 1 aromatic rings. The molecule has 0 spiro atoms. The van der Waals surface area contributed by atoms with Gasteiger partial charge in [-0.15, -0.1) is 0 Å². The number of nitrogens with one attached hydrogen (secondary N) is 1. The van der Waals surface area contributed by atoms with Crippen molar-refractivity contribution in [1.29, 1.82) is 0 Å². The van der Waals surface area contributed by atoms with Crippen molar-refractivity contribution in [3.63, 3.8) is 0 Å². The molecular formula is C19H26N2O2. The molecule has 2 aliphatic rings. The minimum atomic E-state index is -0.0617. The van der Waals surface area contributed by atoms with Crippen molar-refractivity contribution in [2.75, 3.05) is 13.1 Å². The van der Waals surface area contributed by atoms with Gasteiger partial charge in [0.2, 0.25) is 11.8 Å². The van der Waals surface area contributed by atoms with Crippen molar-refractivity contribution in [3.8, 4) is 0 Å². The van der Waals surface area contributed by atoms with Crippen LogP contribution in [0.5, 0.6) is 0 Å². The van der Waals surface area contributed by atoms with E-state index in [4.69, 9.17) is 0 Å². The number of likely N-dealkylation sites (tertiary alicyclic amines) is 1. The van der Waals surface area contributed by atoms with Crippen LogP contribution in [0.1, 0.15) is 56.2 Å². The maximum atomic E-state index is 12.7. The van der Waals surface area contributed by atoms with E-state index >= 15 is 0 Å². The minimum absolute atomic E-state index is 0.0617. The monoisotopic (exact) mass is 314 g/mol. The van der Waals surface area contributed by atoms with E-state index in [0.29, 0.717) is 13.0 Å². The summed E-state index contributed by atoms with van der Waals surface area (Å²) in [5.74, 6) is 0.208. The average molecular weight is 314 g/mol. The van der Waals surface area contributed by atoms with Crippen molar-refractivity contribution in [3.05, 3.63) is 35.4 Å². The number of rotatable bonds is 3. The number of piperidine rings is 1. The summed E-state index contributed by atoms with van der Waals surface area (Å²) in [6.07, 6.45) is 5.55. The second kappa shape index (κ2) is 7.16. The van der Waals surface area contributed by atoms with Crippen LogP contribution in [0.15, 0.2) is 24.3 Å². The van der Waals surface area contributed by atoms with Crippen LogP contribution in [0.25, 0.3) is 0 Å². The molecule has 0 bridgehead atoms. The van der Waals surface area contributed by atoms with Crippen molar-refractivity contribution < 1.29 is 9.59 Å². The van der Waals surface area contributed by atoms with Crippen molar-refractivity contribution in [1.82, 2.24) is 10.2 Å². The third-order valence-corrected chi connectivity index (χ3v) is 5.13. The van der Waals surface area contributed by atoms with E-state index < -0.39 is 0 Å². The molecule has 0 saturated carbocycles. The van der Waals surface area contributed by atoms with Crippen LogP contribution in [-0.2, 0) is 16.0 Å². The lowest BCUT2D eigenvalue weighted by Crippen LogP contribution is -2.46. The molecule has 0 radical (unpaired) electrons. The first-order chi connectivity index (χ1) is 11.2. The van der Waals surface area contributed by atoms with Crippen molar-refractivity contribution in [2.24, 2.45) is 5.92 Å². The van der Waals surface area contributed by atoms with E-state index in [2.05, 4.69) is 23.5 Å². The molecule has 1 heterocycles. The fraction of sp³-hybridized carbons (Fsp3) is 0.579. The lowest BCUT2D eigenvalue weighted by atomic mass is 9.87. The molecule has 124 valence electrons. The van der Waals surface area contributed by atoms with Gasteiger partial charge < -0.3 is 10.2 Å². The number of hydrogen-bond donors (Lipinski definition) is 1. The van der Waals surface area contributed by atoms with E-state index in [-0.39, 0.29) is 23.8 Å². The predicted molar refractivity (Wildman–Crippen MR) is 89.9 cm³/mol. The van der Waals surface area contributed by atoms with Crippen LogP contribution in [0, 0.1) is 5.92 Å². The summed E-state index contributed by atoms with van der Waals surface area (Å²) in [6.45, 7) is 3.25. The molecule has 1 aliphatic carbocycles. The smallest absolute Gasteiger partial charge is 0.225 e. The van der Waals surface area contributed by atoms with E-state index in [9.17, 15) is 9.59 Å². The van der Waals surface area contributed by atoms with Gasteiger partial charge in [0, 0.05) is 19.5 Å².